The van der Waals surface area contributed by atoms with Gasteiger partial charge in [-0.05, 0) is 30.7 Å². The lowest BCUT2D eigenvalue weighted by Crippen LogP contribution is -2.13. The molecule has 2 aromatic carbocycles. The maximum atomic E-state index is 11.3. The van der Waals surface area contributed by atoms with Crippen molar-refractivity contribution in [2.24, 2.45) is 5.73 Å². The topological polar surface area (TPSA) is 78.3 Å². The van der Waals surface area contributed by atoms with Gasteiger partial charge in [0.15, 0.2) is 0 Å². The van der Waals surface area contributed by atoms with Gasteiger partial charge >= 0.3 is 0 Å². The number of ether oxygens (including phenoxy) is 1. The fraction of sp³-hybridized carbons (Fsp3) is 0.133. The number of hydrogen-bond acceptors (Lipinski definition) is 3. The Labute approximate surface area is 112 Å². The molecule has 98 valence electrons. The van der Waals surface area contributed by atoms with Crippen LogP contribution in [0.15, 0.2) is 42.5 Å². The van der Waals surface area contributed by atoms with Gasteiger partial charge < -0.3 is 16.2 Å². The standard InChI is InChI=1S/C15H16N2O2/c1-10-2-4-11(5-3-10)9-19-14-7-6-12(16)8-13(14)15(17)18/h2-8H,9,16H2,1H3,(H2,17,18). The van der Waals surface area contributed by atoms with Crippen molar-refractivity contribution in [3.63, 3.8) is 0 Å². The molecule has 4 nitrogen and oxygen atoms in total. The molecule has 0 heterocycles. The summed E-state index contributed by atoms with van der Waals surface area (Å²) in [6.45, 7) is 2.40. The highest BCUT2D eigenvalue weighted by Crippen LogP contribution is 2.22. The van der Waals surface area contributed by atoms with Crippen LogP contribution in [0.5, 0.6) is 5.75 Å². The highest BCUT2D eigenvalue weighted by atomic mass is 16.5. The van der Waals surface area contributed by atoms with Crippen LogP contribution < -0.4 is 16.2 Å². The van der Waals surface area contributed by atoms with Gasteiger partial charge in [-0.3, -0.25) is 4.79 Å². The van der Waals surface area contributed by atoms with Crippen LogP contribution in [0, 0.1) is 6.92 Å². The molecule has 2 rings (SSSR count). The molecule has 0 bridgehead atoms. The Hall–Kier alpha value is -2.49. The summed E-state index contributed by atoms with van der Waals surface area (Å²) in [6, 6.07) is 12.8. The van der Waals surface area contributed by atoms with Crippen LogP contribution in [0.1, 0.15) is 21.5 Å². The van der Waals surface area contributed by atoms with Crippen LogP contribution in [0.4, 0.5) is 5.69 Å². The molecule has 0 unspecified atom stereocenters. The van der Waals surface area contributed by atoms with Crippen LogP contribution >= 0.6 is 0 Å². The van der Waals surface area contributed by atoms with Crippen molar-refractivity contribution in [3.8, 4) is 5.75 Å². The van der Waals surface area contributed by atoms with Gasteiger partial charge in [0.05, 0.1) is 5.56 Å². The number of nitrogen functional groups attached to an aromatic ring is 1. The molecule has 0 aromatic heterocycles. The molecule has 1 amide bonds. The van der Waals surface area contributed by atoms with E-state index in [2.05, 4.69) is 0 Å². The molecule has 19 heavy (non-hydrogen) atoms. The van der Waals surface area contributed by atoms with Crippen molar-refractivity contribution in [1.82, 2.24) is 0 Å². The van der Waals surface area contributed by atoms with Crippen LogP contribution in [0.3, 0.4) is 0 Å². The number of anilines is 1. The molecule has 4 N–H and O–H groups in total. The zero-order valence-electron chi connectivity index (χ0n) is 10.7. The summed E-state index contributed by atoms with van der Waals surface area (Å²) >= 11 is 0. The quantitative estimate of drug-likeness (QED) is 0.823. The Bertz CT molecular complexity index is 592. The Morgan fingerprint density at radius 1 is 1.16 bits per heavy atom. The predicted octanol–water partition coefficient (Wildman–Crippen LogP) is 2.26. The van der Waals surface area contributed by atoms with E-state index in [0.717, 1.165) is 5.56 Å². The molecule has 0 atom stereocenters. The number of benzene rings is 2. The number of primary amides is 1. The molecule has 4 heteroatoms. The van der Waals surface area contributed by atoms with E-state index in [0.29, 0.717) is 23.6 Å². The molecule has 2 aromatic rings. The van der Waals surface area contributed by atoms with Gasteiger partial charge in [0, 0.05) is 5.69 Å². The third-order valence-electron chi connectivity index (χ3n) is 2.78. The minimum absolute atomic E-state index is 0.298. The Morgan fingerprint density at radius 2 is 1.84 bits per heavy atom. The molecule has 0 saturated carbocycles. The summed E-state index contributed by atoms with van der Waals surface area (Å²) in [6.07, 6.45) is 0. The monoisotopic (exact) mass is 256 g/mol. The molecular formula is C15H16N2O2. The van der Waals surface area contributed by atoms with Gasteiger partial charge in [-0.1, -0.05) is 29.8 Å². The first kappa shape index (κ1) is 13.0. The summed E-state index contributed by atoms with van der Waals surface area (Å²) in [5.74, 6) is -0.103. The Morgan fingerprint density at radius 3 is 2.47 bits per heavy atom. The summed E-state index contributed by atoms with van der Waals surface area (Å²) in [5, 5.41) is 0. The van der Waals surface area contributed by atoms with Gasteiger partial charge in [0.1, 0.15) is 12.4 Å². The van der Waals surface area contributed by atoms with E-state index in [1.807, 2.05) is 31.2 Å². The van der Waals surface area contributed by atoms with E-state index in [1.165, 1.54) is 11.6 Å². The van der Waals surface area contributed by atoms with Gasteiger partial charge in [-0.25, -0.2) is 0 Å². The Balaban J connectivity index is 2.15. The fourth-order valence-electron chi connectivity index (χ4n) is 1.71. The van der Waals surface area contributed by atoms with Crippen molar-refractivity contribution in [1.29, 1.82) is 0 Å². The molecule has 0 saturated heterocycles. The average molecular weight is 256 g/mol. The molecule has 0 spiro atoms. The van der Waals surface area contributed by atoms with Gasteiger partial charge in [0.2, 0.25) is 0 Å². The summed E-state index contributed by atoms with van der Waals surface area (Å²) in [7, 11) is 0. The van der Waals surface area contributed by atoms with Crippen molar-refractivity contribution in [2.75, 3.05) is 5.73 Å². The fourth-order valence-corrected chi connectivity index (χ4v) is 1.71. The van der Waals surface area contributed by atoms with Crippen molar-refractivity contribution >= 4 is 11.6 Å². The molecular weight excluding hydrogens is 240 g/mol. The summed E-state index contributed by atoms with van der Waals surface area (Å²) in [4.78, 5) is 11.3. The van der Waals surface area contributed by atoms with Crippen molar-refractivity contribution < 1.29 is 9.53 Å². The van der Waals surface area contributed by atoms with Crippen LogP contribution in [0.25, 0.3) is 0 Å². The Kier molecular flexibility index (Phi) is 3.71. The average Bonchev–Trinajstić information content (AvgIpc) is 2.39. The number of amides is 1. The molecule has 0 aliphatic carbocycles. The predicted molar refractivity (Wildman–Crippen MR) is 74.9 cm³/mol. The number of aryl methyl sites for hydroxylation is 1. The number of carbonyl (C=O) groups is 1. The molecule has 0 aliphatic heterocycles. The molecule has 0 fully saturated rings. The molecule has 0 aliphatic rings. The van der Waals surface area contributed by atoms with Crippen LogP contribution in [-0.4, -0.2) is 5.91 Å². The number of rotatable bonds is 4. The second kappa shape index (κ2) is 5.44. The highest BCUT2D eigenvalue weighted by molar-refractivity contribution is 5.96. The van der Waals surface area contributed by atoms with E-state index in [9.17, 15) is 4.79 Å². The van der Waals surface area contributed by atoms with Gasteiger partial charge in [0.25, 0.3) is 5.91 Å². The second-order valence-corrected chi connectivity index (χ2v) is 4.39. The maximum absolute atomic E-state index is 11.3. The van der Waals surface area contributed by atoms with Gasteiger partial charge in [-0.2, -0.15) is 0 Å². The minimum Gasteiger partial charge on any atom is -0.488 e. The SMILES string of the molecule is Cc1ccc(COc2ccc(N)cc2C(N)=O)cc1. The third-order valence-corrected chi connectivity index (χ3v) is 2.78. The second-order valence-electron chi connectivity index (χ2n) is 4.39. The van der Waals surface area contributed by atoms with E-state index < -0.39 is 5.91 Å². The number of nitrogens with two attached hydrogens (primary N) is 2. The normalized spacial score (nSPS) is 10.2. The zero-order chi connectivity index (χ0) is 13.8. The van der Waals surface area contributed by atoms with E-state index >= 15 is 0 Å². The lowest BCUT2D eigenvalue weighted by atomic mass is 10.1. The first-order valence-corrected chi connectivity index (χ1v) is 5.94. The van der Waals surface area contributed by atoms with E-state index in [4.69, 9.17) is 16.2 Å². The van der Waals surface area contributed by atoms with E-state index in [-0.39, 0.29) is 0 Å². The largest absolute Gasteiger partial charge is 0.488 e. The zero-order valence-corrected chi connectivity index (χ0v) is 10.7. The minimum atomic E-state index is -0.550. The maximum Gasteiger partial charge on any atom is 0.252 e. The summed E-state index contributed by atoms with van der Waals surface area (Å²) in [5.41, 5.74) is 13.9. The van der Waals surface area contributed by atoms with Crippen molar-refractivity contribution in [2.45, 2.75) is 13.5 Å². The third kappa shape index (κ3) is 3.25. The van der Waals surface area contributed by atoms with Crippen LogP contribution in [-0.2, 0) is 6.61 Å². The summed E-state index contributed by atoms with van der Waals surface area (Å²) < 4.78 is 5.62. The van der Waals surface area contributed by atoms with Gasteiger partial charge in [-0.15, -0.1) is 0 Å². The number of carbonyl (C=O) groups excluding carboxylic acids is 1. The molecule has 0 radical (unpaired) electrons. The lowest BCUT2D eigenvalue weighted by molar-refractivity contribution is 0.0996. The van der Waals surface area contributed by atoms with E-state index in [1.54, 1.807) is 12.1 Å². The smallest absolute Gasteiger partial charge is 0.252 e. The first-order chi connectivity index (χ1) is 9.06. The highest BCUT2D eigenvalue weighted by Gasteiger charge is 2.10. The number of hydrogen-bond donors (Lipinski definition) is 2. The lowest BCUT2D eigenvalue weighted by Gasteiger charge is -2.10. The van der Waals surface area contributed by atoms with Crippen molar-refractivity contribution in [3.05, 3.63) is 59.2 Å². The van der Waals surface area contributed by atoms with Crippen LogP contribution in [0.2, 0.25) is 0 Å². The first-order valence-electron chi connectivity index (χ1n) is 5.94.